The van der Waals surface area contributed by atoms with Gasteiger partial charge in [-0.25, -0.2) is 9.18 Å². The molecule has 2 aromatic rings. The predicted octanol–water partition coefficient (Wildman–Crippen LogP) is 7.72. The van der Waals surface area contributed by atoms with E-state index in [1.54, 1.807) is 18.2 Å². The van der Waals surface area contributed by atoms with Gasteiger partial charge in [-0.05, 0) is 74.3 Å². The molecule has 0 spiro atoms. The number of esters is 1. The molecular formula is C28H36FO3. The smallest absolute Gasteiger partial charge is 0.346 e. The molecule has 1 saturated carbocycles. The molecule has 0 heterocycles. The molecule has 0 atom stereocenters. The average molecular weight is 440 g/mol. The molecule has 4 heteroatoms. The molecule has 1 fully saturated rings. The van der Waals surface area contributed by atoms with Crippen molar-refractivity contribution in [1.29, 1.82) is 0 Å². The van der Waals surface area contributed by atoms with E-state index in [0.29, 0.717) is 18.1 Å². The number of rotatable bonds is 12. The summed E-state index contributed by atoms with van der Waals surface area (Å²) >= 11 is 0. The summed E-state index contributed by atoms with van der Waals surface area (Å²) in [6, 6.07) is 11.9. The van der Waals surface area contributed by atoms with Crippen molar-refractivity contribution in [2.75, 3.05) is 6.61 Å². The highest BCUT2D eigenvalue weighted by Gasteiger charge is 2.16. The first-order valence-electron chi connectivity index (χ1n) is 12.2. The monoisotopic (exact) mass is 439 g/mol. The summed E-state index contributed by atoms with van der Waals surface area (Å²) in [5.74, 6) is 0.362. The molecule has 0 bridgehead atoms. The van der Waals surface area contributed by atoms with Crippen molar-refractivity contribution in [2.24, 2.45) is 5.92 Å². The lowest BCUT2D eigenvalue weighted by Crippen LogP contribution is -2.11. The Hall–Kier alpha value is -2.36. The molecule has 2 aromatic carbocycles. The second kappa shape index (κ2) is 13.2. The minimum absolute atomic E-state index is 0.0847. The molecule has 3 rings (SSSR count). The number of halogens is 1. The van der Waals surface area contributed by atoms with E-state index in [4.69, 9.17) is 9.47 Å². The second-order valence-corrected chi connectivity index (χ2v) is 8.79. The van der Waals surface area contributed by atoms with E-state index in [1.807, 2.05) is 12.1 Å². The summed E-state index contributed by atoms with van der Waals surface area (Å²) in [5, 5.41) is 0. The quantitative estimate of drug-likeness (QED) is 0.193. The van der Waals surface area contributed by atoms with Crippen molar-refractivity contribution >= 4 is 5.97 Å². The Labute approximate surface area is 192 Å². The highest BCUT2D eigenvalue weighted by atomic mass is 19.1. The molecule has 0 N–H and O–H groups in total. The first-order chi connectivity index (χ1) is 15.7. The first kappa shape index (κ1) is 24.3. The molecule has 1 aliphatic rings. The summed E-state index contributed by atoms with van der Waals surface area (Å²) < 4.78 is 25.4. The van der Waals surface area contributed by atoms with Gasteiger partial charge in [-0.1, -0.05) is 57.6 Å². The van der Waals surface area contributed by atoms with Crippen LogP contribution in [-0.4, -0.2) is 12.6 Å². The average Bonchev–Trinajstić information content (AvgIpc) is 2.81. The van der Waals surface area contributed by atoms with Gasteiger partial charge in [0, 0.05) is 6.07 Å². The van der Waals surface area contributed by atoms with Gasteiger partial charge in [-0.3, -0.25) is 0 Å². The van der Waals surface area contributed by atoms with Crippen molar-refractivity contribution in [3.05, 3.63) is 65.8 Å². The van der Waals surface area contributed by atoms with Crippen molar-refractivity contribution in [2.45, 2.75) is 77.6 Å². The molecule has 0 unspecified atom stereocenters. The van der Waals surface area contributed by atoms with Gasteiger partial charge in [0.1, 0.15) is 17.3 Å². The molecule has 0 saturated heterocycles. The third kappa shape index (κ3) is 7.96. The van der Waals surface area contributed by atoms with Crippen LogP contribution in [0.4, 0.5) is 4.39 Å². The zero-order valence-corrected chi connectivity index (χ0v) is 19.3. The number of hydrogen-bond donors (Lipinski definition) is 0. The van der Waals surface area contributed by atoms with Crippen LogP contribution in [0.25, 0.3) is 0 Å². The van der Waals surface area contributed by atoms with Gasteiger partial charge in [-0.15, -0.1) is 0 Å². The van der Waals surface area contributed by atoms with Gasteiger partial charge in [-0.2, -0.15) is 0 Å². The molecule has 1 aliphatic carbocycles. The summed E-state index contributed by atoms with van der Waals surface area (Å²) in [6.45, 7) is 2.73. The van der Waals surface area contributed by atoms with Gasteiger partial charge in [0.05, 0.1) is 12.2 Å². The van der Waals surface area contributed by atoms with Gasteiger partial charge in [0.15, 0.2) is 0 Å². The van der Waals surface area contributed by atoms with Crippen LogP contribution in [0.15, 0.2) is 42.5 Å². The Kier molecular flexibility index (Phi) is 10.1. The fourth-order valence-corrected chi connectivity index (χ4v) is 4.19. The fraction of sp³-hybridized carbons (Fsp3) is 0.500. The SMILES string of the molecule is CCCCCCCOc1ccc(C(=O)Oc2ccc(CCC3CC[CH]CC3)cc2)c(F)c1. The number of carbonyl (C=O) groups is 1. The largest absolute Gasteiger partial charge is 0.493 e. The normalized spacial score (nSPS) is 14.3. The number of ether oxygens (including phenoxy) is 2. The van der Waals surface area contributed by atoms with Gasteiger partial charge >= 0.3 is 5.97 Å². The topological polar surface area (TPSA) is 35.5 Å². The summed E-state index contributed by atoms with van der Waals surface area (Å²) in [4.78, 5) is 12.4. The van der Waals surface area contributed by atoms with E-state index in [2.05, 4.69) is 13.3 Å². The van der Waals surface area contributed by atoms with Gasteiger partial charge < -0.3 is 9.47 Å². The summed E-state index contributed by atoms with van der Waals surface area (Å²) in [7, 11) is 0. The van der Waals surface area contributed by atoms with E-state index in [-0.39, 0.29) is 5.56 Å². The van der Waals surface area contributed by atoms with Crippen LogP contribution in [0.1, 0.15) is 87.1 Å². The molecule has 3 nitrogen and oxygen atoms in total. The number of unbranched alkanes of at least 4 members (excludes halogenated alkanes) is 4. The lowest BCUT2D eigenvalue weighted by atomic mass is 9.85. The molecule has 0 aliphatic heterocycles. The Balaban J connectivity index is 1.45. The lowest BCUT2D eigenvalue weighted by Gasteiger charge is -2.21. The van der Waals surface area contributed by atoms with Crippen molar-refractivity contribution in [1.82, 2.24) is 0 Å². The summed E-state index contributed by atoms with van der Waals surface area (Å²) in [5.41, 5.74) is 1.15. The molecule has 173 valence electrons. The van der Waals surface area contributed by atoms with Crippen LogP contribution in [0.3, 0.4) is 0 Å². The maximum absolute atomic E-state index is 14.4. The lowest BCUT2D eigenvalue weighted by molar-refractivity contribution is 0.0730. The number of carbonyl (C=O) groups excluding carboxylic acids is 1. The summed E-state index contributed by atoms with van der Waals surface area (Å²) in [6.07, 6.45) is 15.4. The Bertz CT molecular complexity index is 825. The third-order valence-electron chi connectivity index (χ3n) is 6.21. The first-order valence-corrected chi connectivity index (χ1v) is 12.2. The van der Waals surface area contributed by atoms with E-state index in [0.717, 1.165) is 25.2 Å². The maximum atomic E-state index is 14.4. The Morgan fingerprint density at radius 3 is 2.41 bits per heavy atom. The number of hydrogen-bond acceptors (Lipinski definition) is 3. The molecular weight excluding hydrogens is 403 g/mol. The highest BCUT2D eigenvalue weighted by molar-refractivity contribution is 5.91. The number of aryl methyl sites for hydroxylation is 1. The minimum atomic E-state index is -0.695. The Morgan fingerprint density at radius 1 is 0.969 bits per heavy atom. The minimum Gasteiger partial charge on any atom is -0.493 e. The number of benzene rings is 2. The fourth-order valence-electron chi connectivity index (χ4n) is 4.19. The Morgan fingerprint density at radius 2 is 1.69 bits per heavy atom. The van der Waals surface area contributed by atoms with Gasteiger partial charge in [0.25, 0.3) is 0 Å². The van der Waals surface area contributed by atoms with Crippen LogP contribution in [-0.2, 0) is 6.42 Å². The zero-order chi connectivity index (χ0) is 22.6. The van der Waals surface area contributed by atoms with Gasteiger partial charge in [0.2, 0.25) is 0 Å². The van der Waals surface area contributed by atoms with E-state index in [9.17, 15) is 9.18 Å². The zero-order valence-electron chi connectivity index (χ0n) is 19.3. The maximum Gasteiger partial charge on any atom is 0.346 e. The van der Waals surface area contributed by atoms with Crippen molar-refractivity contribution in [3.8, 4) is 11.5 Å². The predicted molar refractivity (Wildman–Crippen MR) is 127 cm³/mol. The van der Waals surface area contributed by atoms with E-state index < -0.39 is 11.8 Å². The standard InChI is InChI=1S/C28H36FO3/c1-2-3-4-5-9-20-31-25-18-19-26(27(29)21-25)28(30)32-24-16-14-23(15-17-24)13-12-22-10-7-6-8-11-22/h6,14-19,21-22H,2-5,7-13,20H2,1H3. The second-order valence-electron chi connectivity index (χ2n) is 8.79. The van der Waals surface area contributed by atoms with E-state index >= 15 is 0 Å². The van der Waals surface area contributed by atoms with Crippen molar-refractivity contribution < 1.29 is 18.7 Å². The van der Waals surface area contributed by atoms with Crippen LogP contribution < -0.4 is 9.47 Å². The third-order valence-corrected chi connectivity index (χ3v) is 6.21. The molecule has 32 heavy (non-hydrogen) atoms. The van der Waals surface area contributed by atoms with Crippen molar-refractivity contribution in [3.63, 3.8) is 0 Å². The molecule has 0 amide bonds. The van der Waals surface area contributed by atoms with Crippen LogP contribution >= 0.6 is 0 Å². The molecule has 0 aromatic heterocycles. The van der Waals surface area contributed by atoms with Crippen LogP contribution in [0, 0.1) is 18.2 Å². The molecule has 1 radical (unpaired) electrons. The van der Waals surface area contributed by atoms with E-state index in [1.165, 1.54) is 69.1 Å². The highest BCUT2D eigenvalue weighted by Crippen LogP contribution is 2.27. The van der Waals surface area contributed by atoms with Crippen LogP contribution in [0.5, 0.6) is 11.5 Å². The van der Waals surface area contributed by atoms with Crippen LogP contribution in [0.2, 0.25) is 0 Å².